The normalized spacial score (nSPS) is 19.7. The summed E-state index contributed by atoms with van der Waals surface area (Å²) in [6, 6.07) is 8.46. The molecule has 0 saturated carbocycles. The second-order valence-corrected chi connectivity index (χ2v) is 10.0. The number of hydrogen-bond acceptors (Lipinski definition) is 4. The summed E-state index contributed by atoms with van der Waals surface area (Å²) in [6.07, 6.45) is -14.3. The number of likely N-dealkylation sites (tertiary alicyclic amines) is 2. The molecule has 4 rings (SSSR count). The number of thiophene rings is 1. The summed E-state index contributed by atoms with van der Waals surface area (Å²) < 4.78 is 81.4. The van der Waals surface area contributed by atoms with Gasteiger partial charge in [-0.05, 0) is 56.7 Å². The van der Waals surface area contributed by atoms with E-state index in [1.807, 2.05) is 6.92 Å². The number of benzene rings is 1. The van der Waals surface area contributed by atoms with Crippen LogP contribution in [0.4, 0.5) is 31.1 Å². The molecule has 1 aromatic heterocycles. The van der Waals surface area contributed by atoms with Crippen molar-refractivity contribution in [3.8, 4) is 0 Å². The van der Waals surface area contributed by atoms with Gasteiger partial charge in [-0.15, -0.1) is 11.3 Å². The Balaban J connectivity index is 1.40. The van der Waals surface area contributed by atoms with E-state index in [1.54, 1.807) is 11.3 Å². The summed E-state index contributed by atoms with van der Waals surface area (Å²) in [5, 5.41) is 1.18. The fraction of sp³-hybridized carbons (Fsp3) is 0.591. The minimum absolute atomic E-state index is 0.0589. The van der Waals surface area contributed by atoms with Gasteiger partial charge in [-0.2, -0.15) is 26.3 Å². The summed E-state index contributed by atoms with van der Waals surface area (Å²) in [5.41, 5.74) is 0.970. The van der Waals surface area contributed by atoms with Crippen LogP contribution in [-0.2, 0) is 11.3 Å². The third-order valence-electron chi connectivity index (χ3n) is 6.58. The van der Waals surface area contributed by atoms with Gasteiger partial charge >= 0.3 is 18.4 Å². The quantitative estimate of drug-likeness (QED) is 0.472. The Hall–Kier alpha value is -2.01. The first-order chi connectivity index (χ1) is 15.4. The molecule has 0 radical (unpaired) electrons. The molecule has 3 heterocycles. The lowest BCUT2D eigenvalue weighted by Crippen LogP contribution is -2.54. The number of carbonyl (C=O) groups excluding carboxylic acids is 1. The van der Waals surface area contributed by atoms with Gasteiger partial charge in [-0.1, -0.05) is 17.7 Å². The summed E-state index contributed by atoms with van der Waals surface area (Å²) in [5.74, 6) is 0. The number of nitrogens with zero attached hydrogens (tertiary/aromatic N) is 2. The van der Waals surface area contributed by atoms with Crippen molar-refractivity contribution < 1.29 is 35.9 Å². The van der Waals surface area contributed by atoms with E-state index < -0.39 is 24.5 Å². The van der Waals surface area contributed by atoms with Gasteiger partial charge in [-0.25, -0.2) is 4.79 Å². The lowest BCUT2D eigenvalue weighted by molar-refractivity contribution is -0.308. The Labute approximate surface area is 191 Å². The second kappa shape index (κ2) is 8.65. The Bertz CT molecular complexity index is 996. The molecule has 2 saturated heterocycles. The molecule has 0 N–H and O–H groups in total. The lowest BCUT2D eigenvalue weighted by atomic mass is 9.85. The zero-order valence-corrected chi connectivity index (χ0v) is 18.7. The zero-order chi connectivity index (χ0) is 24.0. The fourth-order valence-electron chi connectivity index (χ4n) is 4.89. The number of carbonyl (C=O) groups is 1. The molecular formula is C22H24F6N2O2S. The van der Waals surface area contributed by atoms with Gasteiger partial charge in [0.25, 0.3) is 6.10 Å². The van der Waals surface area contributed by atoms with Crippen LogP contribution in [0.2, 0.25) is 0 Å². The van der Waals surface area contributed by atoms with Crippen LogP contribution in [0.5, 0.6) is 0 Å². The number of aryl methyl sites for hydroxylation is 1. The number of piperidine rings is 1. The van der Waals surface area contributed by atoms with Crippen molar-refractivity contribution in [2.45, 2.75) is 63.1 Å². The van der Waals surface area contributed by atoms with Crippen LogP contribution in [0.25, 0.3) is 10.1 Å². The van der Waals surface area contributed by atoms with Crippen molar-refractivity contribution in [2.75, 3.05) is 19.6 Å². The number of ether oxygens (including phenoxy) is 1. The minimum Gasteiger partial charge on any atom is -0.426 e. The Morgan fingerprint density at radius 1 is 1.06 bits per heavy atom. The van der Waals surface area contributed by atoms with Crippen LogP contribution in [0.15, 0.2) is 24.3 Å². The van der Waals surface area contributed by atoms with Crippen LogP contribution in [0.3, 0.4) is 0 Å². The first-order valence-corrected chi connectivity index (χ1v) is 11.5. The van der Waals surface area contributed by atoms with E-state index in [0.717, 1.165) is 30.8 Å². The molecule has 0 atom stereocenters. The average molecular weight is 495 g/mol. The molecule has 2 aliphatic rings. The molecule has 0 unspecified atom stereocenters. The molecule has 33 heavy (non-hydrogen) atoms. The van der Waals surface area contributed by atoms with Crippen molar-refractivity contribution in [1.82, 2.24) is 9.80 Å². The highest BCUT2D eigenvalue weighted by molar-refractivity contribution is 7.19. The smallest absolute Gasteiger partial charge is 0.426 e. The van der Waals surface area contributed by atoms with E-state index in [2.05, 4.69) is 33.9 Å². The average Bonchev–Trinajstić information content (AvgIpc) is 3.28. The van der Waals surface area contributed by atoms with Crippen molar-refractivity contribution in [3.63, 3.8) is 0 Å². The number of rotatable bonds is 3. The highest BCUT2D eigenvalue weighted by Gasteiger charge is 2.60. The second-order valence-electron chi connectivity index (χ2n) is 8.84. The molecule has 1 spiro atoms. The molecule has 0 aliphatic carbocycles. The predicted octanol–water partition coefficient (Wildman–Crippen LogP) is 6.27. The lowest BCUT2D eigenvalue weighted by Gasteiger charge is -2.45. The minimum atomic E-state index is -5.71. The Morgan fingerprint density at radius 3 is 2.36 bits per heavy atom. The number of hydrogen-bond donors (Lipinski definition) is 0. The van der Waals surface area contributed by atoms with Crippen LogP contribution < -0.4 is 0 Å². The van der Waals surface area contributed by atoms with E-state index in [0.29, 0.717) is 12.8 Å². The van der Waals surface area contributed by atoms with Crippen molar-refractivity contribution in [1.29, 1.82) is 0 Å². The molecule has 2 aromatic rings. The standard InChI is InChI=1S/C22H24F6N2O2S/c1-14-3-4-17-15(11-14)12-16(33-17)13-30-8-2-5-20(30)6-9-29(10-7-20)19(31)32-18(21(23,24)25)22(26,27)28/h3-4,11-12,18H,2,5-10,13H2,1H3. The van der Waals surface area contributed by atoms with Gasteiger partial charge in [0, 0.05) is 34.8 Å². The Morgan fingerprint density at radius 2 is 1.73 bits per heavy atom. The third kappa shape index (κ3) is 5.08. The highest BCUT2D eigenvalue weighted by Crippen LogP contribution is 2.41. The maximum Gasteiger partial charge on any atom is 0.434 e. The molecule has 0 bridgehead atoms. The van der Waals surface area contributed by atoms with E-state index >= 15 is 0 Å². The fourth-order valence-corrected chi connectivity index (χ4v) is 5.95. The highest BCUT2D eigenvalue weighted by atomic mass is 32.1. The van der Waals surface area contributed by atoms with Crippen molar-refractivity contribution in [3.05, 3.63) is 34.7 Å². The summed E-state index contributed by atoms with van der Waals surface area (Å²) >= 11 is 1.72. The molecule has 1 amide bonds. The summed E-state index contributed by atoms with van der Waals surface area (Å²) in [6.45, 7) is 3.75. The van der Waals surface area contributed by atoms with Crippen LogP contribution >= 0.6 is 11.3 Å². The molecule has 2 aliphatic heterocycles. The molecule has 182 valence electrons. The first kappa shape index (κ1) is 24.1. The number of fused-ring (bicyclic) bond motifs is 1. The maximum absolute atomic E-state index is 12.7. The zero-order valence-electron chi connectivity index (χ0n) is 17.9. The van der Waals surface area contributed by atoms with Gasteiger partial charge in [0.15, 0.2) is 0 Å². The van der Waals surface area contributed by atoms with Crippen LogP contribution in [-0.4, -0.2) is 59.5 Å². The van der Waals surface area contributed by atoms with Gasteiger partial charge in [0.2, 0.25) is 0 Å². The van der Waals surface area contributed by atoms with Crippen LogP contribution in [0.1, 0.15) is 36.1 Å². The molecule has 2 fully saturated rings. The largest absolute Gasteiger partial charge is 0.434 e. The van der Waals surface area contributed by atoms with E-state index in [-0.39, 0.29) is 18.6 Å². The Kier molecular flexibility index (Phi) is 6.32. The van der Waals surface area contributed by atoms with Gasteiger partial charge in [0.05, 0.1) is 0 Å². The van der Waals surface area contributed by atoms with E-state index in [9.17, 15) is 31.1 Å². The SMILES string of the molecule is Cc1ccc2sc(CN3CCCC34CCN(C(=O)OC(C(F)(F)F)C(F)(F)F)CC4)cc2c1. The van der Waals surface area contributed by atoms with Crippen molar-refractivity contribution in [2.24, 2.45) is 0 Å². The summed E-state index contributed by atoms with van der Waals surface area (Å²) in [4.78, 5) is 16.6. The maximum atomic E-state index is 12.7. The van der Waals surface area contributed by atoms with Gasteiger partial charge in [0.1, 0.15) is 0 Å². The van der Waals surface area contributed by atoms with Gasteiger partial charge in [-0.3, -0.25) is 4.90 Å². The first-order valence-electron chi connectivity index (χ1n) is 10.7. The third-order valence-corrected chi connectivity index (χ3v) is 7.68. The van der Waals surface area contributed by atoms with Crippen molar-refractivity contribution >= 4 is 27.5 Å². The molecule has 4 nitrogen and oxygen atoms in total. The van der Waals surface area contributed by atoms with Crippen LogP contribution in [0, 0.1) is 6.92 Å². The molecule has 11 heteroatoms. The monoisotopic (exact) mass is 494 g/mol. The van der Waals surface area contributed by atoms with E-state index in [4.69, 9.17) is 0 Å². The molecule has 1 aromatic carbocycles. The number of halogens is 6. The predicted molar refractivity (Wildman–Crippen MR) is 112 cm³/mol. The van der Waals surface area contributed by atoms with E-state index in [1.165, 1.54) is 20.5 Å². The topological polar surface area (TPSA) is 32.8 Å². The van der Waals surface area contributed by atoms with Gasteiger partial charge < -0.3 is 9.64 Å². The number of alkyl halides is 6. The molecular weight excluding hydrogens is 470 g/mol. The number of amides is 1. The summed E-state index contributed by atoms with van der Waals surface area (Å²) in [7, 11) is 0.